The average Bonchev–Trinajstić information content (AvgIpc) is 2.49. The van der Waals surface area contributed by atoms with Crippen molar-refractivity contribution in [1.29, 1.82) is 0 Å². The number of anilines is 1. The highest BCUT2D eigenvalue weighted by molar-refractivity contribution is 6.42. The maximum absolute atomic E-state index is 14.2. The molecule has 0 spiro atoms. The smallest absolute Gasteiger partial charge is 0.173 e. The van der Waals surface area contributed by atoms with Crippen LogP contribution in [0.4, 0.5) is 10.1 Å². The standard InChI is InChI=1S/C14H12Cl2FN3O/c15-11-5-4-9(6-12(11)16)19-7-8-2-1-3-10(13(8)17)14(18)20-21/h1-6,19,21H,7H2,(H2,18,20). The largest absolute Gasteiger partial charge is 0.409 e. The van der Waals surface area contributed by atoms with E-state index in [2.05, 4.69) is 10.5 Å². The lowest BCUT2D eigenvalue weighted by atomic mass is 10.1. The molecule has 0 radical (unpaired) electrons. The summed E-state index contributed by atoms with van der Waals surface area (Å²) >= 11 is 11.7. The second kappa shape index (κ2) is 6.65. The molecule has 4 N–H and O–H groups in total. The number of oxime groups is 1. The molecule has 2 aromatic carbocycles. The Balaban J connectivity index is 2.18. The third kappa shape index (κ3) is 3.56. The fourth-order valence-electron chi connectivity index (χ4n) is 1.77. The zero-order chi connectivity index (χ0) is 15.4. The zero-order valence-corrected chi connectivity index (χ0v) is 12.3. The molecule has 0 aliphatic heterocycles. The minimum atomic E-state index is -0.541. The number of amidine groups is 1. The van der Waals surface area contributed by atoms with Gasteiger partial charge in [-0.05, 0) is 24.3 Å². The molecule has 0 saturated heterocycles. The molecule has 2 rings (SSSR count). The normalized spacial score (nSPS) is 11.5. The van der Waals surface area contributed by atoms with E-state index in [0.29, 0.717) is 21.3 Å². The van der Waals surface area contributed by atoms with E-state index < -0.39 is 5.82 Å². The van der Waals surface area contributed by atoms with Crippen LogP contribution in [0.1, 0.15) is 11.1 Å². The van der Waals surface area contributed by atoms with Crippen molar-refractivity contribution < 1.29 is 9.60 Å². The molecular weight excluding hydrogens is 316 g/mol. The first-order valence-electron chi connectivity index (χ1n) is 5.97. The van der Waals surface area contributed by atoms with Gasteiger partial charge in [-0.1, -0.05) is 40.5 Å². The Hall–Kier alpha value is -1.98. The fourth-order valence-corrected chi connectivity index (χ4v) is 2.07. The number of hydrogen-bond donors (Lipinski definition) is 3. The molecule has 0 aliphatic carbocycles. The predicted octanol–water partition coefficient (Wildman–Crippen LogP) is 3.84. The molecule has 0 amide bonds. The average molecular weight is 328 g/mol. The van der Waals surface area contributed by atoms with Gasteiger partial charge < -0.3 is 16.3 Å². The van der Waals surface area contributed by atoms with Gasteiger partial charge in [-0.3, -0.25) is 0 Å². The highest BCUT2D eigenvalue weighted by Crippen LogP contribution is 2.25. The Bertz CT molecular complexity index is 692. The lowest BCUT2D eigenvalue weighted by molar-refractivity contribution is 0.318. The molecular formula is C14H12Cl2FN3O. The summed E-state index contributed by atoms with van der Waals surface area (Å²) in [5, 5.41) is 15.3. The van der Waals surface area contributed by atoms with Crippen LogP contribution in [0.5, 0.6) is 0 Å². The highest BCUT2D eigenvalue weighted by Gasteiger charge is 2.11. The van der Waals surface area contributed by atoms with Crippen LogP contribution in [0.25, 0.3) is 0 Å². The highest BCUT2D eigenvalue weighted by atomic mass is 35.5. The minimum absolute atomic E-state index is 0.0472. The summed E-state index contributed by atoms with van der Waals surface area (Å²) in [6.07, 6.45) is 0. The number of nitrogens with two attached hydrogens (primary N) is 1. The monoisotopic (exact) mass is 327 g/mol. The summed E-state index contributed by atoms with van der Waals surface area (Å²) in [4.78, 5) is 0. The molecule has 0 aliphatic rings. The minimum Gasteiger partial charge on any atom is -0.409 e. The summed E-state index contributed by atoms with van der Waals surface area (Å²) in [6, 6.07) is 9.70. The van der Waals surface area contributed by atoms with Crippen LogP contribution in [0.15, 0.2) is 41.6 Å². The van der Waals surface area contributed by atoms with Gasteiger partial charge in [-0.25, -0.2) is 4.39 Å². The number of rotatable bonds is 4. The Morgan fingerprint density at radius 3 is 2.67 bits per heavy atom. The van der Waals surface area contributed by atoms with Crippen LogP contribution in [0, 0.1) is 5.82 Å². The summed E-state index contributed by atoms with van der Waals surface area (Å²) in [5.41, 5.74) is 6.55. The topological polar surface area (TPSA) is 70.6 Å². The molecule has 0 bridgehead atoms. The molecule has 7 heteroatoms. The Morgan fingerprint density at radius 1 is 1.24 bits per heavy atom. The van der Waals surface area contributed by atoms with Crippen molar-refractivity contribution in [2.45, 2.75) is 6.54 Å². The van der Waals surface area contributed by atoms with Crippen molar-refractivity contribution in [2.24, 2.45) is 10.9 Å². The van der Waals surface area contributed by atoms with Gasteiger partial charge >= 0.3 is 0 Å². The Morgan fingerprint density at radius 2 is 2.00 bits per heavy atom. The first-order valence-corrected chi connectivity index (χ1v) is 6.72. The van der Waals surface area contributed by atoms with E-state index in [1.807, 2.05) is 0 Å². The van der Waals surface area contributed by atoms with Crippen molar-refractivity contribution in [3.05, 3.63) is 63.4 Å². The van der Waals surface area contributed by atoms with Gasteiger partial charge in [0.2, 0.25) is 0 Å². The zero-order valence-electron chi connectivity index (χ0n) is 10.8. The first kappa shape index (κ1) is 15.4. The van der Waals surface area contributed by atoms with Gasteiger partial charge in [-0.15, -0.1) is 0 Å². The molecule has 0 atom stereocenters. The summed E-state index contributed by atoms with van der Waals surface area (Å²) < 4.78 is 14.2. The van der Waals surface area contributed by atoms with Crippen LogP contribution in [0.3, 0.4) is 0 Å². The van der Waals surface area contributed by atoms with Crippen molar-refractivity contribution in [3.63, 3.8) is 0 Å². The van der Waals surface area contributed by atoms with E-state index in [-0.39, 0.29) is 17.9 Å². The molecule has 0 fully saturated rings. The maximum Gasteiger partial charge on any atom is 0.173 e. The molecule has 0 unspecified atom stereocenters. The van der Waals surface area contributed by atoms with E-state index in [9.17, 15) is 4.39 Å². The van der Waals surface area contributed by atoms with E-state index >= 15 is 0 Å². The number of halogens is 3. The second-order valence-corrected chi connectivity index (χ2v) is 5.06. The van der Waals surface area contributed by atoms with Crippen LogP contribution in [-0.2, 0) is 6.54 Å². The Kier molecular flexibility index (Phi) is 4.88. The number of nitrogens with zero attached hydrogens (tertiary/aromatic N) is 1. The maximum atomic E-state index is 14.2. The lowest BCUT2D eigenvalue weighted by Gasteiger charge is -2.10. The van der Waals surface area contributed by atoms with E-state index in [1.54, 1.807) is 30.3 Å². The van der Waals surface area contributed by atoms with E-state index in [0.717, 1.165) is 0 Å². The van der Waals surface area contributed by atoms with Gasteiger partial charge in [0.05, 0.1) is 15.6 Å². The van der Waals surface area contributed by atoms with Crippen LogP contribution < -0.4 is 11.1 Å². The third-order valence-corrected chi connectivity index (χ3v) is 3.60. The number of hydrogen-bond acceptors (Lipinski definition) is 3. The molecule has 4 nitrogen and oxygen atoms in total. The van der Waals surface area contributed by atoms with E-state index in [1.165, 1.54) is 6.07 Å². The lowest BCUT2D eigenvalue weighted by Crippen LogP contribution is -2.16. The second-order valence-electron chi connectivity index (χ2n) is 4.25. The number of nitrogens with one attached hydrogen (secondary N) is 1. The number of benzene rings is 2. The van der Waals surface area contributed by atoms with Crippen molar-refractivity contribution in [2.75, 3.05) is 5.32 Å². The first-order chi connectivity index (χ1) is 10.0. The van der Waals surface area contributed by atoms with Gasteiger partial charge in [0, 0.05) is 17.8 Å². The molecule has 0 saturated carbocycles. The van der Waals surface area contributed by atoms with Crippen molar-refractivity contribution in [1.82, 2.24) is 0 Å². The fraction of sp³-hybridized carbons (Fsp3) is 0.0714. The van der Waals surface area contributed by atoms with Gasteiger partial charge in [0.25, 0.3) is 0 Å². The van der Waals surface area contributed by atoms with Gasteiger partial charge in [0.1, 0.15) is 5.82 Å². The molecule has 110 valence electrons. The van der Waals surface area contributed by atoms with Crippen LogP contribution in [0.2, 0.25) is 10.0 Å². The van der Waals surface area contributed by atoms with Gasteiger partial charge in [0.15, 0.2) is 5.84 Å². The van der Waals surface area contributed by atoms with Gasteiger partial charge in [-0.2, -0.15) is 0 Å². The Labute approximate surface area is 131 Å². The SMILES string of the molecule is N/C(=N/O)c1cccc(CNc2ccc(Cl)c(Cl)c2)c1F. The summed E-state index contributed by atoms with van der Waals surface area (Å²) in [7, 11) is 0. The van der Waals surface area contributed by atoms with Crippen molar-refractivity contribution >= 4 is 34.7 Å². The molecule has 0 heterocycles. The summed E-state index contributed by atoms with van der Waals surface area (Å²) in [6.45, 7) is 0.219. The van der Waals surface area contributed by atoms with Crippen LogP contribution >= 0.6 is 23.2 Å². The third-order valence-electron chi connectivity index (χ3n) is 2.86. The van der Waals surface area contributed by atoms with E-state index in [4.69, 9.17) is 34.1 Å². The van der Waals surface area contributed by atoms with Crippen LogP contribution in [-0.4, -0.2) is 11.0 Å². The molecule has 21 heavy (non-hydrogen) atoms. The van der Waals surface area contributed by atoms with Crippen molar-refractivity contribution in [3.8, 4) is 0 Å². The predicted molar refractivity (Wildman–Crippen MR) is 82.7 cm³/mol. The molecule has 0 aromatic heterocycles. The summed E-state index contributed by atoms with van der Waals surface area (Å²) in [5.74, 6) is -0.816. The molecule has 2 aromatic rings. The quantitative estimate of drug-likeness (QED) is 0.346.